The number of hydrogen-bond donors (Lipinski definition) is 1. The number of rotatable bonds is 3. The topological polar surface area (TPSA) is 12.0 Å². The van der Waals surface area contributed by atoms with Gasteiger partial charge in [-0.2, -0.15) is 13.2 Å². The van der Waals surface area contributed by atoms with Crippen LogP contribution in [0.5, 0.6) is 0 Å². The van der Waals surface area contributed by atoms with Gasteiger partial charge in [-0.15, -0.1) is 0 Å². The summed E-state index contributed by atoms with van der Waals surface area (Å²) in [6.07, 6.45) is 0.645. The van der Waals surface area contributed by atoms with E-state index in [4.69, 9.17) is 0 Å². The highest BCUT2D eigenvalue weighted by Gasteiger charge is 2.41. The minimum absolute atomic E-state index is 0.00872. The SMILES string of the molecule is FC(F)(F)C(NC1CCCCC1)c1ccccc1. The lowest BCUT2D eigenvalue weighted by molar-refractivity contribution is -0.160. The largest absolute Gasteiger partial charge is 0.407 e. The molecular formula is C14H18F3N. The molecule has 1 fully saturated rings. The van der Waals surface area contributed by atoms with Gasteiger partial charge in [-0.05, 0) is 18.4 Å². The summed E-state index contributed by atoms with van der Waals surface area (Å²) in [5.74, 6) is 0. The summed E-state index contributed by atoms with van der Waals surface area (Å²) in [7, 11) is 0. The molecule has 0 bridgehead atoms. The summed E-state index contributed by atoms with van der Waals surface area (Å²) in [5, 5.41) is 2.79. The van der Waals surface area contributed by atoms with Crippen LogP contribution >= 0.6 is 0 Å². The fraction of sp³-hybridized carbons (Fsp3) is 0.571. The Balaban J connectivity index is 2.11. The van der Waals surface area contributed by atoms with E-state index in [1.807, 2.05) is 0 Å². The number of nitrogens with one attached hydrogen (secondary N) is 1. The summed E-state index contributed by atoms with van der Waals surface area (Å²) >= 11 is 0. The van der Waals surface area contributed by atoms with Gasteiger partial charge < -0.3 is 0 Å². The van der Waals surface area contributed by atoms with Crippen molar-refractivity contribution >= 4 is 0 Å². The lowest BCUT2D eigenvalue weighted by Gasteiger charge is -2.30. The van der Waals surface area contributed by atoms with Crippen LogP contribution in [-0.2, 0) is 0 Å². The van der Waals surface area contributed by atoms with Gasteiger partial charge in [-0.1, -0.05) is 49.6 Å². The summed E-state index contributed by atoms with van der Waals surface area (Å²) in [5.41, 5.74) is 0.301. The Morgan fingerprint density at radius 3 is 2.17 bits per heavy atom. The average Bonchev–Trinajstić information content (AvgIpc) is 2.37. The van der Waals surface area contributed by atoms with E-state index in [0.29, 0.717) is 5.56 Å². The smallest absolute Gasteiger partial charge is 0.300 e. The van der Waals surface area contributed by atoms with Gasteiger partial charge in [0.15, 0.2) is 0 Å². The highest BCUT2D eigenvalue weighted by atomic mass is 19.4. The van der Waals surface area contributed by atoms with Crippen molar-refractivity contribution in [2.45, 2.75) is 50.4 Å². The number of alkyl halides is 3. The molecule has 2 rings (SSSR count). The predicted molar refractivity (Wildman–Crippen MR) is 65.2 cm³/mol. The van der Waals surface area contributed by atoms with E-state index in [2.05, 4.69) is 5.32 Å². The van der Waals surface area contributed by atoms with E-state index in [1.165, 1.54) is 12.1 Å². The normalized spacial score (nSPS) is 19.7. The molecule has 1 unspecified atom stereocenters. The second kappa shape index (κ2) is 5.74. The zero-order valence-corrected chi connectivity index (χ0v) is 10.2. The monoisotopic (exact) mass is 257 g/mol. The molecule has 0 aliphatic heterocycles. The van der Waals surface area contributed by atoms with Gasteiger partial charge in [0.2, 0.25) is 0 Å². The molecule has 1 atom stereocenters. The van der Waals surface area contributed by atoms with Gasteiger partial charge in [0.25, 0.3) is 0 Å². The maximum atomic E-state index is 13.1. The van der Waals surface area contributed by atoms with Crippen LogP contribution in [0.15, 0.2) is 30.3 Å². The van der Waals surface area contributed by atoms with Crippen molar-refractivity contribution < 1.29 is 13.2 Å². The van der Waals surface area contributed by atoms with Crippen molar-refractivity contribution in [1.82, 2.24) is 5.32 Å². The average molecular weight is 257 g/mol. The van der Waals surface area contributed by atoms with Gasteiger partial charge in [0.05, 0.1) is 0 Å². The highest BCUT2D eigenvalue weighted by Crippen LogP contribution is 2.34. The Bertz CT molecular complexity index is 355. The Hall–Kier alpha value is -1.03. The summed E-state index contributed by atoms with van der Waals surface area (Å²) in [4.78, 5) is 0. The summed E-state index contributed by atoms with van der Waals surface area (Å²) in [6.45, 7) is 0. The zero-order valence-electron chi connectivity index (χ0n) is 10.2. The first-order valence-corrected chi connectivity index (χ1v) is 6.45. The van der Waals surface area contributed by atoms with Crippen LogP contribution in [0.1, 0.15) is 43.7 Å². The maximum absolute atomic E-state index is 13.1. The molecule has 18 heavy (non-hydrogen) atoms. The Morgan fingerprint density at radius 2 is 1.61 bits per heavy atom. The van der Waals surface area contributed by atoms with Crippen LogP contribution in [0, 0.1) is 0 Å². The van der Waals surface area contributed by atoms with Crippen molar-refractivity contribution in [2.75, 3.05) is 0 Å². The minimum Gasteiger partial charge on any atom is -0.300 e. The third-order valence-corrected chi connectivity index (χ3v) is 3.47. The zero-order chi connectivity index (χ0) is 13.0. The molecule has 4 heteroatoms. The Kier molecular flexibility index (Phi) is 4.27. The molecule has 1 aromatic carbocycles. The first-order chi connectivity index (χ1) is 8.57. The maximum Gasteiger partial charge on any atom is 0.407 e. The molecular weight excluding hydrogens is 239 g/mol. The lowest BCUT2D eigenvalue weighted by Crippen LogP contribution is -2.41. The molecule has 1 nitrogen and oxygen atoms in total. The molecule has 1 aliphatic carbocycles. The third-order valence-electron chi connectivity index (χ3n) is 3.47. The fourth-order valence-electron chi connectivity index (χ4n) is 2.53. The van der Waals surface area contributed by atoms with E-state index in [-0.39, 0.29) is 6.04 Å². The molecule has 0 radical (unpaired) electrons. The summed E-state index contributed by atoms with van der Waals surface area (Å²) < 4.78 is 39.3. The Labute approximate surface area is 105 Å². The van der Waals surface area contributed by atoms with Crippen LogP contribution < -0.4 is 5.32 Å². The van der Waals surface area contributed by atoms with Crippen LogP contribution in [0.4, 0.5) is 13.2 Å². The van der Waals surface area contributed by atoms with Crippen LogP contribution in [0.3, 0.4) is 0 Å². The van der Waals surface area contributed by atoms with Crippen LogP contribution in [0.2, 0.25) is 0 Å². The van der Waals surface area contributed by atoms with E-state index in [1.54, 1.807) is 18.2 Å². The van der Waals surface area contributed by atoms with Gasteiger partial charge in [0, 0.05) is 6.04 Å². The summed E-state index contributed by atoms with van der Waals surface area (Å²) in [6, 6.07) is 6.56. The quantitative estimate of drug-likeness (QED) is 0.855. The molecule has 0 aromatic heterocycles. The van der Waals surface area contributed by atoms with Gasteiger partial charge in [0.1, 0.15) is 6.04 Å². The molecule has 0 heterocycles. The van der Waals surface area contributed by atoms with Crippen molar-refractivity contribution in [1.29, 1.82) is 0 Å². The van der Waals surface area contributed by atoms with Gasteiger partial charge in [-0.3, -0.25) is 5.32 Å². The second-order valence-corrected chi connectivity index (χ2v) is 4.89. The van der Waals surface area contributed by atoms with E-state index >= 15 is 0 Å². The predicted octanol–water partition coefficient (Wildman–Crippen LogP) is 4.21. The molecule has 1 saturated carbocycles. The number of halogens is 3. The number of benzene rings is 1. The van der Waals surface area contributed by atoms with E-state index < -0.39 is 12.2 Å². The molecule has 1 aliphatic rings. The first-order valence-electron chi connectivity index (χ1n) is 6.45. The van der Waals surface area contributed by atoms with Gasteiger partial charge in [-0.25, -0.2) is 0 Å². The fourth-order valence-corrected chi connectivity index (χ4v) is 2.53. The van der Waals surface area contributed by atoms with E-state index in [9.17, 15) is 13.2 Å². The minimum atomic E-state index is -4.24. The van der Waals surface area contributed by atoms with Gasteiger partial charge >= 0.3 is 6.18 Å². The van der Waals surface area contributed by atoms with Crippen molar-refractivity contribution in [3.63, 3.8) is 0 Å². The number of hydrogen-bond acceptors (Lipinski definition) is 1. The molecule has 0 saturated heterocycles. The first kappa shape index (κ1) is 13.4. The lowest BCUT2D eigenvalue weighted by atomic mass is 9.94. The van der Waals surface area contributed by atoms with E-state index in [0.717, 1.165) is 32.1 Å². The Morgan fingerprint density at radius 1 is 1.00 bits per heavy atom. The molecule has 1 N–H and O–H groups in total. The van der Waals surface area contributed by atoms with Crippen molar-refractivity contribution in [3.8, 4) is 0 Å². The highest BCUT2D eigenvalue weighted by molar-refractivity contribution is 5.20. The molecule has 0 spiro atoms. The van der Waals surface area contributed by atoms with Crippen molar-refractivity contribution in [3.05, 3.63) is 35.9 Å². The standard InChI is InChI=1S/C14H18F3N/c15-14(16,17)13(11-7-3-1-4-8-11)18-12-9-5-2-6-10-12/h1,3-4,7-8,12-13,18H,2,5-6,9-10H2. The molecule has 0 amide bonds. The molecule has 1 aromatic rings. The molecule has 100 valence electrons. The van der Waals surface area contributed by atoms with Crippen molar-refractivity contribution in [2.24, 2.45) is 0 Å². The second-order valence-electron chi connectivity index (χ2n) is 4.89. The van der Waals surface area contributed by atoms with Crippen LogP contribution in [0.25, 0.3) is 0 Å². The van der Waals surface area contributed by atoms with Crippen LogP contribution in [-0.4, -0.2) is 12.2 Å². The third kappa shape index (κ3) is 3.48.